The van der Waals surface area contributed by atoms with Crippen LogP contribution < -0.4 is 9.47 Å². The fourth-order valence-electron chi connectivity index (χ4n) is 3.32. The first-order valence-electron chi connectivity index (χ1n) is 8.93. The van der Waals surface area contributed by atoms with Gasteiger partial charge in [0.1, 0.15) is 12.2 Å². The number of likely N-dealkylation sites (tertiary alicyclic amines) is 1. The molecule has 8 heteroatoms. The molecule has 4 rings (SSSR count). The summed E-state index contributed by atoms with van der Waals surface area (Å²) in [5, 5.41) is 9.94. The summed E-state index contributed by atoms with van der Waals surface area (Å²) in [6.07, 6.45) is 4.20. The highest BCUT2D eigenvalue weighted by molar-refractivity contribution is 5.97. The van der Waals surface area contributed by atoms with E-state index in [1.165, 1.54) is 12.4 Å². The second-order valence-corrected chi connectivity index (χ2v) is 6.44. The van der Waals surface area contributed by atoms with E-state index in [0.29, 0.717) is 24.4 Å². The Labute approximate surface area is 161 Å². The molecular weight excluding hydrogens is 360 g/mol. The molecule has 28 heavy (non-hydrogen) atoms. The van der Waals surface area contributed by atoms with E-state index in [2.05, 4.69) is 9.97 Å². The number of aromatic nitrogens is 2. The molecule has 1 atom stereocenters. The highest BCUT2D eigenvalue weighted by atomic mass is 16.5. The predicted molar refractivity (Wildman–Crippen MR) is 99.1 cm³/mol. The van der Waals surface area contributed by atoms with Gasteiger partial charge in [0.05, 0.1) is 13.7 Å². The summed E-state index contributed by atoms with van der Waals surface area (Å²) in [6, 6.07) is 9.20. The summed E-state index contributed by atoms with van der Waals surface area (Å²) in [5.41, 5.74) is 0.687. The van der Waals surface area contributed by atoms with Crippen molar-refractivity contribution in [3.05, 3.63) is 48.1 Å². The van der Waals surface area contributed by atoms with Gasteiger partial charge in [0.15, 0.2) is 17.1 Å². The first-order valence-corrected chi connectivity index (χ1v) is 8.93. The Bertz CT molecular complexity index is 1060. The lowest BCUT2D eigenvalue weighted by Gasteiger charge is -2.32. The maximum Gasteiger partial charge on any atom is 0.289 e. The molecule has 0 unspecified atom stereocenters. The minimum Gasteiger partial charge on any atom is -0.493 e. The Kier molecular flexibility index (Phi) is 4.81. The monoisotopic (exact) mass is 378 g/mol. The van der Waals surface area contributed by atoms with Gasteiger partial charge < -0.3 is 18.8 Å². The number of para-hydroxylation sites is 1. The minimum atomic E-state index is -0.264. The van der Waals surface area contributed by atoms with Crippen LogP contribution in [0.2, 0.25) is 0 Å². The molecular formula is C20H18N4O4. The van der Waals surface area contributed by atoms with E-state index in [0.717, 1.165) is 18.2 Å². The maximum atomic E-state index is 12.9. The van der Waals surface area contributed by atoms with Crippen molar-refractivity contribution in [3.63, 3.8) is 0 Å². The third-order valence-corrected chi connectivity index (χ3v) is 4.65. The van der Waals surface area contributed by atoms with Crippen molar-refractivity contribution in [1.29, 1.82) is 5.26 Å². The molecule has 0 aliphatic carbocycles. The Morgan fingerprint density at radius 2 is 2.21 bits per heavy atom. The lowest BCUT2D eigenvalue weighted by atomic mass is 10.1. The minimum absolute atomic E-state index is 0.135. The average Bonchev–Trinajstić information content (AvgIpc) is 3.18. The molecule has 3 heterocycles. The number of amides is 1. The van der Waals surface area contributed by atoms with Gasteiger partial charge in [-0.2, -0.15) is 5.26 Å². The smallest absolute Gasteiger partial charge is 0.289 e. The second-order valence-electron chi connectivity index (χ2n) is 6.44. The van der Waals surface area contributed by atoms with Crippen molar-refractivity contribution in [1.82, 2.24) is 14.9 Å². The summed E-state index contributed by atoms with van der Waals surface area (Å²) in [5.74, 6) is 0.837. The molecule has 1 aliphatic rings. The molecule has 2 aromatic heterocycles. The van der Waals surface area contributed by atoms with Crippen LogP contribution in [0.15, 0.2) is 41.1 Å². The van der Waals surface area contributed by atoms with E-state index in [1.807, 2.05) is 18.2 Å². The highest BCUT2D eigenvalue weighted by Gasteiger charge is 2.28. The zero-order valence-corrected chi connectivity index (χ0v) is 15.3. The number of furan rings is 1. The van der Waals surface area contributed by atoms with Crippen molar-refractivity contribution < 1.29 is 18.7 Å². The standard InChI is InChI=1S/C20H18N4O4/c1-26-16-6-2-4-13-10-17(28-18(13)16)20(25)24-9-3-5-14(12-24)27-19-15(11-21)22-7-8-23-19/h2,4,6-8,10,14H,3,5,9,12H2,1H3/t14-/m1/s1. The second kappa shape index (κ2) is 7.56. The number of piperidine rings is 1. The molecule has 3 aromatic rings. The number of methoxy groups -OCH3 is 1. The van der Waals surface area contributed by atoms with Crippen LogP contribution in [0.4, 0.5) is 0 Å². The normalized spacial score (nSPS) is 16.6. The average molecular weight is 378 g/mol. The van der Waals surface area contributed by atoms with E-state index >= 15 is 0 Å². The van der Waals surface area contributed by atoms with E-state index in [1.54, 1.807) is 24.1 Å². The van der Waals surface area contributed by atoms with Crippen LogP contribution in [0.5, 0.6) is 11.6 Å². The summed E-state index contributed by atoms with van der Waals surface area (Å²) >= 11 is 0. The molecule has 0 N–H and O–H groups in total. The number of benzene rings is 1. The van der Waals surface area contributed by atoms with Crippen molar-refractivity contribution in [2.24, 2.45) is 0 Å². The van der Waals surface area contributed by atoms with Crippen molar-refractivity contribution in [2.45, 2.75) is 18.9 Å². The summed E-state index contributed by atoms with van der Waals surface area (Å²) in [6.45, 7) is 0.993. The van der Waals surface area contributed by atoms with E-state index < -0.39 is 0 Å². The van der Waals surface area contributed by atoms with Gasteiger partial charge in [0.25, 0.3) is 11.8 Å². The van der Waals surface area contributed by atoms with Gasteiger partial charge in [-0.3, -0.25) is 4.79 Å². The first-order chi connectivity index (χ1) is 13.7. The van der Waals surface area contributed by atoms with E-state index in [4.69, 9.17) is 19.2 Å². The first kappa shape index (κ1) is 17.8. The van der Waals surface area contributed by atoms with Crippen LogP contribution in [0, 0.1) is 11.3 Å². The molecule has 0 spiro atoms. The molecule has 1 aliphatic heterocycles. The van der Waals surface area contributed by atoms with Gasteiger partial charge >= 0.3 is 0 Å². The third kappa shape index (κ3) is 3.34. The molecule has 0 saturated carbocycles. The summed E-state index contributed by atoms with van der Waals surface area (Å²) < 4.78 is 16.9. The fourth-order valence-corrected chi connectivity index (χ4v) is 3.32. The Morgan fingerprint density at radius 3 is 3.04 bits per heavy atom. The molecule has 1 amide bonds. The van der Waals surface area contributed by atoms with Crippen molar-refractivity contribution in [2.75, 3.05) is 20.2 Å². The molecule has 1 aromatic carbocycles. The molecule has 1 saturated heterocycles. The fraction of sp³-hybridized carbons (Fsp3) is 0.300. The molecule has 8 nitrogen and oxygen atoms in total. The van der Waals surface area contributed by atoms with E-state index in [-0.39, 0.29) is 29.3 Å². The number of nitriles is 1. The number of ether oxygens (including phenoxy) is 2. The van der Waals surface area contributed by atoms with Crippen LogP contribution in [0.25, 0.3) is 11.0 Å². The quantitative estimate of drug-likeness (QED) is 0.688. The third-order valence-electron chi connectivity index (χ3n) is 4.65. The Morgan fingerprint density at radius 1 is 1.36 bits per heavy atom. The number of fused-ring (bicyclic) bond motifs is 1. The zero-order valence-electron chi connectivity index (χ0n) is 15.3. The number of carbonyl (C=O) groups excluding carboxylic acids is 1. The van der Waals surface area contributed by atoms with Crippen molar-refractivity contribution in [3.8, 4) is 17.7 Å². The topological polar surface area (TPSA) is 101 Å². The van der Waals surface area contributed by atoms with Gasteiger partial charge in [0, 0.05) is 24.3 Å². The molecule has 0 radical (unpaired) electrons. The van der Waals surface area contributed by atoms with Crippen molar-refractivity contribution >= 4 is 16.9 Å². The summed E-state index contributed by atoms with van der Waals surface area (Å²) in [7, 11) is 1.56. The Hall–Kier alpha value is -3.60. The van der Waals surface area contributed by atoms with Gasteiger partial charge in [0.2, 0.25) is 5.69 Å². The SMILES string of the molecule is COc1cccc2cc(C(=O)N3CCC[C@@H](Oc4nccnc4C#N)C3)oc12. The van der Waals surface area contributed by atoms with Crippen LogP contribution in [-0.4, -0.2) is 47.1 Å². The highest BCUT2D eigenvalue weighted by Crippen LogP contribution is 2.29. The molecule has 0 bridgehead atoms. The number of nitrogens with zero attached hydrogens (tertiary/aromatic N) is 4. The molecule has 142 valence electrons. The predicted octanol–water partition coefficient (Wildman–Crippen LogP) is 2.79. The van der Waals surface area contributed by atoms with Gasteiger partial charge in [-0.25, -0.2) is 9.97 Å². The van der Waals surface area contributed by atoms with E-state index in [9.17, 15) is 4.79 Å². The maximum absolute atomic E-state index is 12.9. The van der Waals surface area contributed by atoms with Gasteiger partial charge in [-0.05, 0) is 25.0 Å². The van der Waals surface area contributed by atoms with Crippen LogP contribution in [0.3, 0.4) is 0 Å². The lowest BCUT2D eigenvalue weighted by Crippen LogP contribution is -2.44. The number of hydrogen-bond donors (Lipinski definition) is 0. The summed E-state index contributed by atoms with van der Waals surface area (Å²) in [4.78, 5) is 22.7. The number of hydrogen-bond acceptors (Lipinski definition) is 7. The lowest BCUT2D eigenvalue weighted by molar-refractivity contribution is 0.0501. The van der Waals surface area contributed by atoms with Gasteiger partial charge in [-0.15, -0.1) is 0 Å². The Balaban J connectivity index is 1.51. The number of carbonyl (C=O) groups is 1. The molecule has 1 fully saturated rings. The van der Waals surface area contributed by atoms with Crippen LogP contribution in [0.1, 0.15) is 29.1 Å². The largest absolute Gasteiger partial charge is 0.493 e. The van der Waals surface area contributed by atoms with Crippen LogP contribution >= 0.6 is 0 Å². The number of rotatable bonds is 4. The zero-order chi connectivity index (χ0) is 19.5. The van der Waals surface area contributed by atoms with Crippen LogP contribution in [-0.2, 0) is 0 Å². The van der Waals surface area contributed by atoms with Gasteiger partial charge in [-0.1, -0.05) is 12.1 Å².